The van der Waals surface area contributed by atoms with Crippen LogP contribution >= 0.6 is 34.4 Å². The molecule has 10 atom stereocenters. The second-order valence-electron chi connectivity index (χ2n) is 13.4. The van der Waals surface area contributed by atoms with Crippen molar-refractivity contribution in [1.82, 2.24) is 5.32 Å². The lowest BCUT2D eigenvalue weighted by Gasteiger charge is -2.71. The van der Waals surface area contributed by atoms with Crippen molar-refractivity contribution in [3.63, 3.8) is 0 Å². The molecule has 1 aromatic rings. The molecule has 0 radical (unpaired) electrons. The number of halogens is 1. The van der Waals surface area contributed by atoms with Gasteiger partial charge in [-0.1, -0.05) is 61.6 Å². The Bertz CT molecular complexity index is 1260. The molecule has 2 bridgehead atoms. The summed E-state index contributed by atoms with van der Waals surface area (Å²) >= 11 is 3.96. The van der Waals surface area contributed by atoms with Crippen molar-refractivity contribution in [2.24, 2.45) is 39.7 Å². The zero-order chi connectivity index (χ0) is 30.0. The van der Waals surface area contributed by atoms with Gasteiger partial charge in [-0.2, -0.15) is 0 Å². The van der Waals surface area contributed by atoms with Crippen molar-refractivity contribution in [3.05, 3.63) is 42.5 Å². The molecule has 4 saturated carbocycles. The summed E-state index contributed by atoms with van der Waals surface area (Å²) in [5.41, 5.74) is 5.43. The van der Waals surface area contributed by atoms with E-state index in [4.69, 9.17) is 10.5 Å². The lowest BCUT2D eigenvalue weighted by Crippen LogP contribution is -2.73. The fraction of sp³-hybridized carbons (Fsp3) is 0.656. The van der Waals surface area contributed by atoms with Gasteiger partial charge in [-0.25, -0.2) is 0 Å². The Balaban J connectivity index is 1.36. The molecular formula is C32H43IN2O5S. The molecule has 4 aliphatic rings. The third kappa shape index (κ3) is 4.81. The Labute approximate surface area is 261 Å². The Morgan fingerprint density at radius 3 is 2.76 bits per heavy atom. The molecule has 5 rings (SSSR count). The normalized spacial score (nSPS) is 41.7. The number of carbonyl (C=O) groups excluding carboxylic acids is 3. The van der Waals surface area contributed by atoms with Crippen LogP contribution in [-0.2, 0) is 25.7 Å². The molecule has 4 unspecified atom stereocenters. The van der Waals surface area contributed by atoms with Crippen molar-refractivity contribution in [1.29, 1.82) is 0 Å². The van der Waals surface area contributed by atoms with Crippen LogP contribution in [0.1, 0.15) is 65.4 Å². The van der Waals surface area contributed by atoms with E-state index in [0.717, 1.165) is 29.7 Å². The molecule has 4 N–H and O–H groups in total. The third-order valence-corrected chi connectivity index (χ3v) is 14.4. The molecule has 0 saturated heterocycles. The van der Waals surface area contributed by atoms with E-state index in [1.807, 2.05) is 37.3 Å². The number of amides is 1. The molecule has 224 valence electrons. The van der Waals surface area contributed by atoms with Gasteiger partial charge in [0.15, 0.2) is 0 Å². The predicted octanol–water partition coefficient (Wildman–Crippen LogP) is 4.82. The molecule has 1 aromatic carbocycles. The number of esters is 1. The highest BCUT2D eigenvalue weighted by Crippen LogP contribution is 2.82. The second-order valence-corrected chi connectivity index (χ2v) is 16.3. The first-order valence-electron chi connectivity index (χ1n) is 14.7. The topological polar surface area (TPSA) is 119 Å². The van der Waals surface area contributed by atoms with E-state index in [-0.39, 0.29) is 46.2 Å². The van der Waals surface area contributed by atoms with Crippen LogP contribution in [0, 0.1) is 34.0 Å². The zero-order valence-electron chi connectivity index (χ0n) is 24.5. The highest BCUT2D eigenvalue weighted by atomic mass is 127. The molecule has 4 fully saturated rings. The van der Waals surface area contributed by atoms with Gasteiger partial charge in [0.25, 0.3) is 0 Å². The van der Waals surface area contributed by atoms with Gasteiger partial charge < -0.3 is 20.9 Å². The van der Waals surface area contributed by atoms with Crippen LogP contribution in [0.25, 0.3) is 0 Å². The van der Waals surface area contributed by atoms with Gasteiger partial charge in [-0.15, -0.1) is 18.3 Å². The van der Waals surface area contributed by atoms with E-state index in [9.17, 15) is 19.5 Å². The van der Waals surface area contributed by atoms with Crippen LogP contribution < -0.4 is 11.1 Å². The molecule has 9 heteroatoms. The number of benzene rings is 1. The standard InChI is InChI=1S/C32H43IN2O5S/c1-6-29(5)14-24(40-25(37)16-41-22-9-7-8-21(12-22)15-35-27(39)20(4)34)32(33)18(2)13-31-17-30(28(31)32,11-10-23(31)36)19(3)26(29)38/h6-9,12,18-20,24,26,28,38H,1,10-11,13-17,34H2,2-5H3,(H,35,39)/t18?,19-,20+,24+,26-,28?,29+,30?,31?,32+/m0/s1. The first-order valence-corrected chi connectivity index (χ1v) is 16.8. The van der Waals surface area contributed by atoms with Crippen LogP contribution in [-0.4, -0.2) is 50.2 Å². The largest absolute Gasteiger partial charge is 0.460 e. The molecule has 0 aromatic heterocycles. The molecular weight excluding hydrogens is 651 g/mol. The van der Waals surface area contributed by atoms with Crippen LogP contribution in [0.4, 0.5) is 0 Å². The third-order valence-electron chi connectivity index (χ3n) is 11.1. The van der Waals surface area contributed by atoms with Gasteiger partial charge >= 0.3 is 5.97 Å². The van der Waals surface area contributed by atoms with Crippen LogP contribution in [0.3, 0.4) is 0 Å². The number of aliphatic hydroxyl groups excluding tert-OH is 1. The molecule has 0 aliphatic heterocycles. The van der Waals surface area contributed by atoms with Crippen molar-refractivity contribution in [3.8, 4) is 0 Å². The minimum Gasteiger partial charge on any atom is -0.460 e. The number of nitrogens with one attached hydrogen (secondary N) is 1. The first kappa shape index (κ1) is 31.0. The molecule has 4 aliphatic carbocycles. The van der Waals surface area contributed by atoms with E-state index < -0.39 is 27.1 Å². The number of hydrogen-bond acceptors (Lipinski definition) is 7. The van der Waals surface area contributed by atoms with Crippen molar-refractivity contribution >= 4 is 52.0 Å². The van der Waals surface area contributed by atoms with Crippen molar-refractivity contribution < 1.29 is 24.2 Å². The quantitative estimate of drug-likeness (QED) is 0.118. The van der Waals surface area contributed by atoms with Gasteiger partial charge in [0.05, 0.1) is 21.3 Å². The van der Waals surface area contributed by atoms with Crippen LogP contribution in [0.15, 0.2) is 41.8 Å². The maximum absolute atomic E-state index is 13.5. The van der Waals surface area contributed by atoms with Gasteiger partial charge in [0.1, 0.15) is 11.9 Å². The fourth-order valence-electron chi connectivity index (χ4n) is 8.94. The summed E-state index contributed by atoms with van der Waals surface area (Å²) in [6, 6.07) is 7.14. The number of thioether (sulfide) groups is 1. The van der Waals surface area contributed by atoms with E-state index >= 15 is 0 Å². The summed E-state index contributed by atoms with van der Waals surface area (Å²) in [6.45, 7) is 12.5. The molecule has 41 heavy (non-hydrogen) atoms. The fourth-order valence-corrected chi connectivity index (χ4v) is 11.5. The average molecular weight is 695 g/mol. The van der Waals surface area contributed by atoms with Crippen molar-refractivity contribution in [2.75, 3.05) is 5.75 Å². The van der Waals surface area contributed by atoms with Gasteiger partial charge in [-0.3, -0.25) is 14.4 Å². The minimum atomic E-state index is -0.635. The Kier molecular flexibility index (Phi) is 8.27. The van der Waals surface area contributed by atoms with E-state index in [2.05, 4.69) is 48.3 Å². The van der Waals surface area contributed by atoms with Crippen LogP contribution in [0.2, 0.25) is 0 Å². The number of aliphatic hydroxyl groups is 1. The Hall–Kier alpha value is -1.43. The van der Waals surface area contributed by atoms with Gasteiger partial charge in [-0.05, 0) is 73.5 Å². The SMILES string of the molecule is C=C[C@]1(C)C[C@@H](OC(=O)CSc2cccc(CNC(=O)[C@@H](C)N)c2)[C@]2(I)C(C)CC34CC(CCC3=O)(C42)[C@@H](C)[C@@H]1O. The predicted molar refractivity (Wildman–Crippen MR) is 168 cm³/mol. The lowest BCUT2D eigenvalue weighted by atomic mass is 9.34. The molecule has 2 spiro atoms. The maximum atomic E-state index is 13.5. The summed E-state index contributed by atoms with van der Waals surface area (Å²) in [5.74, 6) is 0.284. The summed E-state index contributed by atoms with van der Waals surface area (Å²) in [7, 11) is 0. The van der Waals surface area contributed by atoms with Gasteiger partial charge in [0, 0.05) is 28.7 Å². The monoisotopic (exact) mass is 694 g/mol. The van der Waals surface area contributed by atoms with E-state index in [1.54, 1.807) is 6.92 Å². The lowest BCUT2D eigenvalue weighted by molar-refractivity contribution is -0.228. The molecule has 0 heterocycles. The highest BCUT2D eigenvalue weighted by Gasteiger charge is 2.82. The number of ether oxygens (including phenoxy) is 1. The average Bonchev–Trinajstić information content (AvgIpc) is 3.13. The first-order chi connectivity index (χ1) is 19.2. The number of carbonyl (C=O) groups is 3. The number of alkyl halides is 1. The number of ketones is 1. The number of rotatable bonds is 8. The van der Waals surface area contributed by atoms with Gasteiger partial charge in [0.2, 0.25) is 5.91 Å². The smallest absolute Gasteiger partial charge is 0.316 e. The number of hydrogen-bond donors (Lipinski definition) is 3. The molecule has 1 amide bonds. The van der Waals surface area contributed by atoms with E-state index in [0.29, 0.717) is 25.2 Å². The highest BCUT2D eigenvalue weighted by molar-refractivity contribution is 14.1. The number of nitrogens with two attached hydrogens (primary N) is 1. The maximum Gasteiger partial charge on any atom is 0.316 e. The molecule has 7 nitrogen and oxygen atoms in total. The van der Waals surface area contributed by atoms with Crippen molar-refractivity contribution in [2.45, 2.75) is 92.9 Å². The Morgan fingerprint density at radius 1 is 1.34 bits per heavy atom. The van der Waals surface area contributed by atoms with Crippen LogP contribution in [0.5, 0.6) is 0 Å². The minimum absolute atomic E-state index is 0.0218. The summed E-state index contributed by atoms with van der Waals surface area (Å²) < 4.78 is 6.01. The zero-order valence-corrected chi connectivity index (χ0v) is 27.4. The second kappa shape index (κ2) is 10.9. The summed E-state index contributed by atoms with van der Waals surface area (Å²) in [6.07, 6.45) is 4.25. The Morgan fingerprint density at radius 2 is 2.07 bits per heavy atom. The summed E-state index contributed by atoms with van der Waals surface area (Å²) in [5, 5.41) is 14.6. The summed E-state index contributed by atoms with van der Waals surface area (Å²) in [4.78, 5) is 39.6. The number of Topliss-reactive ketones (excluding diaryl/α,β-unsaturated/α-hetero) is 1. The van der Waals surface area contributed by atoms with E-state index in [1.165, 1.54) is 11.8 Å².